The van der Waals surface area contributed by atoms with E-state index in [1.54, 1.807) is 11.0 Å². The Labute approximate surface area is 134 Å². The minimum Gasteiger partial charge on any atom is -0.289 e. The van der Waals surface area contributed by atoms with Crippen molar-refractivity contribution in [2.75, 3.05) is 13.1 Å². The summed E-state index contributed by atoms with van der Waals surface area (Å²) < 4.78 is 0. The topological polar surface area (TPSA) is 45.6 Å². The zero-order valence-electron chi connectivity index (χ0n) is 12.5. The number of carbonyl (C=O) groups is 1. The summed E-state index contributed by atoms with van der Waals surface area (Å²) >= 11 is 0. The van der Waals surface area contributed by atoms with Gasteiger partial charge in [-0.25, -0.2) is 4.98 Å². The van der Waals surface area contributed by atoms with Gasteiger partial charge in [-0.05, 0) is 12.1 Å². The molecule has 0 fully saturated rings. The van der Waals surface area contributed by atoms with Gasteiger partial charge in [0.1, 0.15) is 11.5 Å². The lowest BCUT2D eigenvalue weighted by molar-refractivity contribution is 0.0853. The molecule has 1 aliphatic rings. The molecule has 4 nitrogen and oxygen atoms in total. The third-order valence-corrected chi connectivity index (χ3v) is 3.94. The Hall–Kier alpha value is -3.01. The zero-order valence-corrected chi connectivity index (χ0v) is 12.5. The molecule has 2 heterocycles. The molecule has 0 atom stereocenters. The van der Waals surface area contributed by atoms with Crippen LogP contribution in [0.3, 0.4) is 0 Å². The Morgan fingerprint density at radius 3 is 2.57 bits per heavy atom. The predicted molar refractivity (Wildman–Crippen MR) is 90.6 cm³/mol. The number of pyridine rings is 1. The maximum absolute atomic E-state index is 12.9. The van der Waals surface area contributed by atoms with Crippen molar-refractivity contribution in [2.45, 2.75) is 0 Å². The van der Waals surface area contributed by atoms with Gasteiger partial charge in [-0.15, -0.1) is 0 Å². The van der Waals surface area contributed by atoms with Crippen LogP contribution in [-0.4, -0.2) is 34.7 Å². The van der Waals surface area contributed by atoms with Gasteiger partial charge >= 0.3 is 0 Å². The minimum absolute atomic E-state index is 0.101. The molecule has 2 aromatic carbocycles. The Bertz CT molecular complexity index is 903. The van der Waals surface area contributed by atoms with Crippen LogP contribution in [0.4, 0.5) is 0 Å². The van der Waals surface area contributed by atoms with E-state index in [4.69, 9.17) is 0 Å². The first-order valence-corrected chi connectivity index (χ1v) is 7.60. The molecule has 0 radical (unpaired) electrons. The van der Waals surface area contributed by atoms with E-state index in [0.29, 0.717) is 18.8 Å². The first-order chi connectivity index (χ1) is 11.3. The van der Waals surface area contributed by atoms with Crippen LogP contribution in [-0.2, 0) is 0 Å². The highest BCUT2D eigenvalue weighted by atomic mass is 16.2. The summed E-state index contributed by atoms with van der Waals surface area (Å²) in [4.78, 5) is 23.6. The average Bonchev–Trinajstić information content (AvgIpc) is 3.11. The zero-order chi connectivity index (χ0) is 15.6. The molecule has 0 saturated heterocycles. The van der Waals surface area contributed by atoms with Gasteiger partial charge in [0.15, 0.2) is 0 Å². The van der Waals surface area contributed by atoms with Crippen LogP contribution in [0.1, 0.15) is 16.1 Å². The fourth-order valence-electron chi connectivity index (χ4n) is 2.80. The number of hydrogen-bond acceptors (Lipinski definition) is 3. The summed E-state index contributed by atoms with van der Waals surface area (Å²) in [6.45, 7) is 1.22. The van der Waals surface area contributed by atoms with Gasteiger partial charge < -0.3 is 0 Å². The number of aliphatic imine (C=N–C) groups is 1. The number of carbonyl (C=O) groups excluding carboxylic acids is 1. The standard InChI is InChI=1S/C19H15N3O/c23-19(17-11-10-14-6-4-5-9-16(14)21-17)22-13-12-20-18(22)15-7-2-1-3-8-15/h1-11H,12-13H2. The van der Waals surface area contributed by atoms with E-state index in [1.165, 1.54) is 0 Å². The second kappa shape index (κ2) is 5.65. The molecule has 0 unspecified atom stereocenters. The van der Waals surface area contributed by atoms with E-state index < -0.39 is 0 Å². The van der Waals surface area contributed by atoms with Crippen molar-refractivity contribution in [1.82, 2.24) is 9.88 Å². The minimum atomic E-state index is -0.101. The lowest BCUT2D eigenvalue weighted by Crippen LogP contribution is -2.35. The Kier molecular flexibility index (Phi) is 3.35. The molecule has 0 N–H and O–H groups in total. The lowest BCUT2D eigenvalue weighted by atomic mass is 10.1. The van der Waals surface area contributed by atoms with E-state index in [2.05, 4.69) is 9.98 Å². The van der Waals surface area contributed by atoms with Gasteiger partial charge in [-0.3, -0.25) is 14.7 Å². The Balaban J connectivity index is 1.69. The van der Waals surface area contributed by atoms with Crippen LogP contribution >= 0.6 is 0 Å². The maximum atomic E-state index is 12.9. The molecular formula is C19H15N3O. The summed E-state index contributed by atoms with van der Waals surface area (Å²) in [6.07, 6.45) is 0. The number of hydrogen-bond donors (Lipinski definition) is 0. The van der Waals surface area contributed by atoms with Gasteiger partial charge in [0.05, 0.1) is 12.1 Å². The maximum Gasteiger partial charge on any atom is 0.278 e. The number of para-hydroxylation sites is 1. The lowest BCUT2D eigenvalue weighted by Gasteiger charge is -2.18. The molecule has 0 bridgehead atoms. The number of aromatic nitrogens is 1. The van der Waals surface area contributed by atoms with Crippen LogP contribution in [0, 0.1) is 0 Å². The summed E-state index contributed by atoms with van der Waals surface area (Å²) in [7, 11) is 0. The summed E-state index contributed by atoms with van der Waals surface area (Å²) in [6, 6.07) is 21.3. The van der Waals surface area contributed by atoms with E-state index in [-0.39, 0.29) is 5.91 Å². The average molecular weight is 301 g/mol. The first kappa shape index (κ1) is 13.6. The Morgan fingerprint density at radius 2 is 1.70 bits per heavy atom. The van der Waals surface area contributed by atoms with Crippen molar-refractivity contribution >= 4 is 22.6 Å². The van der Waals surface area contributed by atoms with Crippen molar-refractivity contribution in [1.29, 1.82) is 0 Å². The molecule has 0 aliphatic carbocycles. The van der Waals surface area contributed by atoms with Gasteiger partial charge in [-0.1, -0.05) is 54.6 Å². The molecule has 3 aromatic rings. The van der Waals surface area contributed by atoms with Gasteiger partial charge in [-0.2, -0.15) is 0 Å². The highest BCUT2D eigenvalue weighted by Gasteiger charge is 2.26. The second-order valence-electron chi connectivity index (χ2n) is 5.42. The van der Waals surface area contributed by atoms with Crippen LogP contribution < -0.4 is 0 Å². The largest absolute Gasteiger partial charge is 0.289 e. The van der Waals surface area contributed by atoms with Crippen LogP contribution in [0.2, 0.25) is 0 Å². The molecular weight excluding hydrogens is 286 g/mol. The molecule has 4 rings (SSSR count). The summed E-state index contributed by atoms with van der Waals surface area (Å²) in [5.41, 5.74) is 2.24. The number of amidine groups is 1. The van der Waals surface area contributed by atoms with E-state index >= 15 is 0 Å². The van der Waals surface area contributed by atoms with E-state index in [9.17, 15) is 4.79 Å². The number of benzene rings is 2. The number of rotatable bonds is 2. The second-order valence-corrected chi connectivity index (χ2v) is 5.42. The summed E-state index contributed by atoms with van der Waals surface area (Å²) in [5, 5.41) is 1.03. The first-order valence-electron chi connectivity index (χ1n) is 7.60. The van der Waals surface area contributed by atoms with Crippen LogP contribution in [0.15, 0.2) is 71.7 Å². The molecule has 0 spiro atoms. The number of fused-ring (bicyclic) bond motifs is 1. The molecule has 1 aliphatic heterocycles. The highest BCUT2D eigenvalue weighted by Crippen LogP contribution is 2.17. The molecule has 23 heavy (non-hydrogen) atoms. The molecule has 0 saturated carbocycles. The van der Waals surface area contributed by atoms with Gasteiger partial charge in [0.25, 0.3) is 5.91 Å². The predicted octanol–water partition coefficient (Wildman–Crippen LogP) is 3.14. The molecule has 1 aromatic heterocycles. The monoisotopic (exact) mass is 301 g/mol. The van der Waals surface area contributed by atoms with E-state index in [1.807, 2.05) is 60.7 Å². The van der Waals surface area contributed by atoms with Crippen molar-refractivity contribution in [3.05, 3.63) is 78.0 Å². The van der Waals surface area contributed by atoms with Crippen molar-refractivity contribution < 1.29 is 4.79 Å². The Morgan fingerprint density at radius 1 is 0.913 bits per heavy atom. The van der Waals surface area contributed by atoms with Crippen molar-refractivity contribution in [2.24, 2.45) is 4.99 Å². The number of amides is 1. The number of nitrogens with zero attached hydrogens (tertiary/aromatic N) is 3. The van der Waals surface area contributed by atoms with Crippen molar-refractivity contribution in [3.63, 3.8) is 0 Å². The SMILES string of the molecule is O=C(c1ccc2ccccc2n1)N1CCN=C1c1ccccc1. The third kappa shape index (κ3) is 2.48. The fourth-order valence-corrected chi connectivity index (χ4v) is 2.80. The fraction of sp³-hybridized carbons (Fsp3) is 0.105. The molecule has 112 valence electrons. The van der Waals surface area contributed by atoms with Gasteiger partial charge in [0, 0.05) is 17.5 Å². The third-order valence-electron chi connectivity index (χ3n) is 3.94. The normalized spacial score (nSPS) is 14.1. The van der Waals surface area contributed by atoms with Gasteiger partial charge in [0.2, 0.25) is 0 Å². The van der Waals surface area contributed by atoms with Crippen LogP contribution in [0.5, 0.6) is 0 Å². The summed E-state index contributed by atoms with van der Waals surface area (Å²) in [5.74, 6) is 0.626. The quantitative estimate of drug-likeness (QED) is 0.730. The molecule has 4 heteroatoms. The van der Waals surface area contributed by atoms with Crippen LogP contribution in [0.25, 0.3) is 10.9 Å². The molecule has 1 amide bonds. The smallest absolute Gasteiger partial charge is 0.278 e. The van der Waals surface area contributed by atoms with E-state index in [0.717, 1.165) is 22.3 Å². The van der Waals surface area contributed by atoms with Crippen molar-refractivity contribution in [3.8, 4) is 0 Å². The highest BCUT2D eigenvalue weighted by molar-refractivity contribution is 6.13.